The van der Waals surface area contributed by atoms with E-state index in [2.05, 4.69) is 0 Å². The molecule has 0 aliphatic carbocycles. The summed E-state index contributed by atoms with van der Waals surface area (Å²) in [5.41, 5.74) is 3.60. The van der Waals surface area contributed by atoms with Gasteiger partial charge in [0.1, 0.15) is 5.82 Å². The minimum atomic E-state index is -0.171. The van der Waals surface area contributed by atoms with Crippen LogP contribution in [-0.4, -0.2) is 0 Å². The number of benzene rings is 2. The predicted octanol–water partition coefficient (Wildman–Crippen LogP) is 4.83. The fraction of sp³-hybridized carbons (Fsp3) is 0.125. The molecule has 0 aliphatic rings. The van der Waals surface area contributed by atoms with Crippen LogP contribution in [0.1, 0.15) is 18.1 Å². The summed E-state index contributed by atoms with van der Waals surface area (Å²) in [7, 11) is 0. The van der Waals surface area contributed by atoms with Gasteiger partial charge in [-0.15, -0.1) is 0 Å². The molecule has 0 saturated carbocycles. The number of hydrogen-bond acceptors (Lipinski definition) is 0. The second-order valence-electron chi connectivity index (χ2n) is 4.05. The number of halogens is 1. The summed E-state index contributed by atoms with van der Waals surface area (Å²) in [5, 5.41) is 0. The number of allylic oxidation sites excluding steroid dienone is 1. The summed E-state index contributed by atoms with van der Waals surface area (Å²) in [4.78, 5) is 0. The van der Waals surface area contributed by atoms with Crippen LogP contribution < -0.4 is 0 Å². The van der Waals surface area contributed by atoms with Gasteiger partial charge < -0.3 is 0 Å². The zero-order chi connectivity index (χ0) is 12.3. The van der Waals surface area contributed by atoms with Crippen molar-refractivity contribution in [3.63, 3.8) is 0 Å². The summed E-state index contributed by atoms with van der Waals surface area (Å²) in [5.74, 6) is -0.171. The Labute approximate surface area is 101 Å². The van der Waals surface area contributed by atoms with E-state index in [0.717, 1.165) is 16.7 Å². The van der Waals surface area contributed by atoms with E-state index in [-0.39, 0.29) is 5.82 Å². The largest absolute Gasteiger partial charge is 0.206 e. The average molecular weight is 226 g/mol. The maximum Gasteiger partial charge on any atom is 0.131 e. The van der Waals surface area contributed by atoms with Crippen LogP contribution in [0, 0.1) is 12.7 Å². The molecule has 2 rings (SSSR count). The van der Waals surface area contributed by atoms with Gasteiger partial charge in [0.25, 0.3) is 0 Å². The topological polar surface area (TPSA) is 0 Å². The van der Waals surface area contributed by atoms with E-state index in [1.807, 2.05) is 62.4 Å². The highest BCUT2D eigenvalue weighted by Gasteiger charge is 2.07. The van der Waals surface area contributed by atoms with Crippen LogP contribution in [-0.2, 0) is 0 Å². The molecule has 2 aromatic rings. The first-order valence-corrected chi connectivity index (χ1v) is 5.70. The lowest BCUT2D eigenvalue weighted by Gasteiger charge is -2.07. The second kappa shape index (κ2) is 4.96. The van der Waals surface area contributed by atoms with Gasteiger partial charge in [-0.25, -0.2) is 4.39 Å². The zero-order valence-electron chi connectivity index (χ0n) is 10.1. The Morgan fingerprint density at radius 1 is 1.06 bits per heavy atom. The van der Waals surface area contributed by atoms with Crippen LogP contribution in [0.3, 0.4) is 0 Å². The van der Waals surface area contributed by atoms with Crippen molar-refractivity contribution in [2.24, 2.45) is 0 Å². The van der Waals surface area contributed by atoms with E-state index < -0.39 is 0 Å². The van der Waals surface area contributed by atoms with Gasteiger partial charge in [-0.3, -0.25) is 0 Å². The van der Waals surface area contributed by atoms with E-state index in [4.69, 9.17) is 0 Å². The van der Waals surface area contributed by atoms with Crippen molar-refractivity contribution in [3.8, 4) is 11.1 Å². The van der Waals surface area contributed by atoms with Crippen molar-refractivity contribution in [2.45, 2.75) is 13.8 Å². The lowest BCUT2D eigenvalue weighted by atomic mass is 9.99. The highest BCUT2D eigenvalue weighted by atomic mass is 19.1. The SMILES string of the molecule is C/C=C\c1cc(F)c(-c2ccccc2)cc1C. The summed E-state index contributed by atoms with van der Waals surface area (Å²) >= 11 is 0. The second-order valence-corrected chi connectivity index (χ2v) is 4.05. The number of aryl methyl sites for hydroxylation is 1. The minimum Gasteiger partial charge on any atom is -0.206 e. The van der Waals surface area contributed by atoms with Crippen LogP contribution in [0.15, 0.2) is 48.5 Å². The molecule has 86 valence electrons. The van der Waals surface area contributed by atoms with Crippen molar-refractivity contribution >= 4 is 6.08 Å². The molecule has 0 atom stereocenters. The molecule has 1 heteroatoms. The molecule has 0 saturated heterocycles. The lowest BCUT2D eigenvalue weighted by Crippen LogP contribution is -1.89. The third-order valence-corrected chi connectivity index (χ3v) is 2.79. The molecule has 0 nitrogen and oxygen atoms in total. The van der Waals surface area contributed by atoms with E-state index >= 15 is 0 Å². The Bertz CT molecular complexity index is 539. The smallest absolute Gasteiger partial charge is 0.131 e. The molecule has 0 aromatic heterocycles. The van der Waals surface area contributed by atoms with Crippen LogP contribution in [0.2, 0.25) is 0 Å². The van der Waals surface area contributed by atoms with Gasteiger partial charge in [-0.1, -0.05) is 42.5 Å². The minimum absolute atomic E-state index is 0.171. The van der Waals surface area contributed by atoms with E-state index in [0.29, 0.717) is 5.56 Å². The third kappa shape index (κ3) is 2.44. The van der Waals surface area contributed by atoms with Crippen LogP contribution in [0.25, 0.3) is 17.2 Å². The maximum atomic E-state index is 14.0. The van der Waals surface area contributed by atoms with E-state index in [1.165, 1.54) is 0 Å². The highest BCUT2D eigenvalue weighted by molar-refractivity contribution is 5.68. The van der Waals surface area contributed by atoms with Gasteiger partial charge in [-0.05, 0) is 42.7 Å². The summed E-state index contributed by atoms with van der Waals surface area (Å²) in [6.45, 7) is 3.93. The Morgan fingerprint density at radius 3 is 2.41 bits per heavy atom. The van der Waals surface area contributed by atoms with Gasteiger partial charge >= 0.3 is 0 Å². The van der Waals surface area contributed by atoms with Gasteiger partial charge in [0.15, 0.2) is 0 Å². The molecular formula is C16H15F. The molecule has 0 spiro atoms. The van der Waals surface area contributed by atoms with Crippen LogP contribution in [0.5, 0.6) is 0 Å². The third-order valence-electron chi connectivity index (χ3n) is 2.79. The fourth-order valence-electron chi connectivity index (χ4n) is 1.89. The molecular weight excluding hydrogens is 211 g/mol. The van der Waals surface area contributed by atoms with Gasteiger partial charge in [0.2, 0.25) is 0 Å². The summed E-state index contributed by atoms with van der Waals surface area (Å²) < 4.78 is 14.0. The van der Waals surface area contributed by atoms with Crippen molar-refractivity contribution in [2.75, 3.05) is 0 Å². The lowest BCUT2D eigenvalue weighted by molar-refractivity contribution is 0.630. The molecule has 0 fully saturated rings. The first-order chi connectivity index (χ1) is 8.22. The van der Waals surface area contributed by atoms with E-state index in [9.17, 15) is 4.39 Å². The summed E-state index contributed by atoms with van der Waals surface area (Å²) in [6, 6.07) is 13.1. The molecule has 0 amide bonds. The standard InChI is InChI=1S/C16H15F/c1-3-7-14-11-16(17)15(10-12(14)2)13-8-5-4-6-9-13/h3-11H,1-2H3/b7-3-. The highest BCUT2D eigenvalue weighted by Crippen LogP contribution is 2.26. The van der Waals surface area contributed by atoms with Crippen LogP contribution >= 0.6 is 0 Å². The summed E-state index contributed by atoms with van der Waals surface area (Å²) in [6.07, 6.45) is 3.84. The Hall–Kier alpha value is -1.89. The Kier molecular flexibility index (Phi) is 3.38. The number of rotatable bonds is 2. The van der Waals surface area contributed by atoms with Crippen molar-refractivity contribution < 1.29 is 4.39 Å². The molecule has 0 radical (unpaired) electrons. The molecule has 0 unspecified atom stereocenters. The molecule has 2 aromatic carbocycles. The zero-order valence-corrected chi connectivity index (χ0v) is 10.1. The van der Waals surface area contributed by atoms with Gasteiger partial charge in [-0.2, -0.15) is 0 Å². The van der Waals surface area contributed by atoms with E-state index in [1.54, 1.807) is 6.07 Å². The maximum absolute atomic E-state index is 14.0. The van der Waals surface area contributed by atoms with Crippen molar-refractivity contribution in [1.29, 1.82) is 0 Å². The average Bonchev–Trinajstić information content (AvgIpc) is 2.35. The molecule has 0 bridgehead atoms. The molecule has 0 N–H and O–H groups in total. The fourth-order valence-corrected chi connectivity index (χ4v) is 1.89. The van der Waals surface area contributed by atoms with Crippen molar-refractivity contribution in [3.05, 3.63) is 65.5 Å². The first-order valence-electron chi connectivity index (χ1n) is 5.70. The molecule has 0 heterocycles. The Morgan fingerprint density at radius 2 is 1.76 bits per heavy atom. The number of hydrogen-bond donors (Lipinski definition) is 0. The van der Waals surface area contributed by atoms with Crippen molar-refractivity contribution in [1.82, 2.24) is 0 Å². The van der Waals surface area contributed by atoms with Gasteiger partial charge in [0, 0.05) is 5.56 Å². The first kappa shape index (κ1) is 11.6. The van der Waals surface area contributed by atoms with Gasteiger partial charge in [0.05, 0.1) is 0 Å². The Balaban J connectivity index is 2.54. The van der Waals surface area contributed by atoms with Crippen LogP contribution in [0.4, 0.5) is 4.39 Å². The molecule has 0 aliphatic heterocycles. The molecule has 17 heavy (non-hydrogen) atoms. The normalized spacial score (nSPS) is 11.0. The quantitative estimate of drug-likeness (QED) is 0.687. The monoisotopic (exact) mass is 226 g/mol. The predicted molar refractivity (Wildman–Crippen MR) is 71.3 cm³/mol.